The fourth-order valence-electron chi connectivity index (χ4n) is 4.10. The van der Waals surface area contributed by atoms with Crippen molar-refractivity contribution in [3.63, 3.8) is 0 Å². The molecule has 1 aliphatic rings. The normalized spacial score (nSPS) is 13.3. The Balaban J connectivity index is 1.66. The van der Waals surface area contributed by atoms with Gasteiger partial charge in [0.15, 0.2) is 17.1 Å². The Hall–Kier alpha value is -3.81. The molecule has 0 bridgehead atoms. The van der Waals surface area contributed by atoms with E-state index in [1.165, 1.54) is 11.1 Å². The van der Waals surface area contributed by atoms with E-state index < -0.39 is 0 Å². The second-order valence-corrected chi connectivity index (χ2v) is 7.59. The molecule has 5 rings (SSSR count). The number of aromatic nitrogens is 4. The molecule has 0 radical (unpaired) electrons. The van der Waals surface area contributed by atoms with Crippen molar-refractivity contribution in [2.24, 2.45) is 7.05 Å². The van der Waals surface area contributed by atoms with Gasteiger partial charge in [0.05, 0.1) is 25.3 Å². The van der Waals surface area contributed by atoms with Gasteiger partial charge >= 0.3 is 0 Å². The Morgan fingerprint density at radius 3 is 2.52 bits per heavy atom. The van der Waals surface area contributed by atoms with Gasteiger partial charge in [0.1, 0.15) is 5.82 Å². The molecule has 0 saturated heterocycles. The molecule has 158 valence electrons. The van der Waals surface area contributed by atoms with E-state index in [9.17, 15) is 0 Å². The average molecular weight is 416 g/mol. The molecular weight excluding hydrogens is 392 g/mol. The summed E-state index contributed by atoms with van der Waals surface area (Å²) in [5, 5.41) is 5.27. The lowest BCUT2D eigenvalue weighted by Crippen LogP contribution is -2.31. The molecule has 0 aliphatic carbocycles. The monoisotopic (exact) mass is 416 g/mol. The van der Waals surface area contributed by atoms with Crippen LogP contribution < -0.4 is 20.1 Å². The van der Waals surface area contributed by atoms with Gasteiger partial charge in [0, 0.05) is 25.7 Å². The van der Waals surface area contributed by atoms with E-state index in [2.05, 4.69) is 34.3 Å². The molecule has 8 heteroatoms. The molecule has 31 heavy (non-hydrogen) atoms. The molecule has 0 spiro atoms. The van der Waals surface area contributed by atoms with Gasteiger partial charge < -0.3 is 20.1 Å². The van der Waals surface area contributed by atoms with Crippen molar-refractivity contribution < 1.29 is 9.47 Å². The zero-order valence-electron chi connectivity index (χ0n) is 17.8. The Morgan fingerprint density at radius 1 is 0.968 bits per heavy atom. The lowest BCUT2D eigenvalue weighted by atomic mass is 10.0. The summed E-state index contributed by atoms with van der Waals surface area (Å²) in [6.45, 7) is 1.60. The van der Waals surface area contributed by atoms with E-state index in [0.29, 0.717) is 28.9 Å². The van der Waals surface area contributed by atoms with Crippen LogP contribution in [0.25, 0.3) is 22.3 Å². The number of benzene rings is 2. The number of nitrogens with two attached hydrogens (primary N) is 1. The van der Waals surface area contributed by atoms with E-state index in [0.717, 1.165) is 36.2 Å². The van der Waals surface area contributed by atoms with Crippen LogP contribution in [-0.4, -0.2) is 40.5 Å². The van der Waals surface area contributed by atoms with Gasteiger partial charge in [0.25, 0.3) is 0 Å². The largest absolute Gasteiger partial charge is 0.493 e. The quantitative estimate of drug-likeness (QED) is 0.546. The van der Waals surface area contributed by atoms with Gasteiger partial charge in [-0.05, 0) is 35.7 Å². The summed E-state index contributed by atoms with van der Waals surface area (Å²) in [6, 6.07) is 14.2. The predicted octanol–water partition coefficient (Wildman–Crippen LogP) is 3.19. The maximum absolute atomic E-state index is 6.35. The second kappa shape index (κ2) is 7.46. The van der Waals surface area contributed by atoms with Crippen LogP contribution in [-0.2, 0) is 20.0 Å². The highest BCUT2D eigenvalue weighted by molar-refractivity contribution is 5.99. The lowest BCUT2D eigenvalue weighted by Gasteiger charge is -2.29. The van der Waals surface area contributed by atoms with Crippen LogP contribution in [0.1, 0.15) is 11.1 Å². The van der Waals surface area contributed by atoms with Crippen molar-refractivity contribution in [1.82, 2.24) is 19.7 Å². The van der Waals surface area contributed by atoms with E-state index in [4.69, 9.17) is 25.2 Å². The number of nitrogen functional groups attached to an aromatic ring is 1. The van der Waals surface area contributed by atoms with Crippen molar-refractivity contribution in [3.8, 4) is 22.8 Å². The van der Waals surface area contributed by atoms with Crippen LogP contribution in [0, 0.1) is 0 Å². The predicted molar refractivity (Wildman–Crippen MR) is 120 cm³/mol. The first kappa shape index (κ1) is 19.2. The minimum absolute atomic E-state index is 0.523. The Labute approximate surface area is 180 Å². The maximum atomic E-state index is 6.35. The van der Waals surface area contributed by atoms with Gasteiger partial charge in [-0.15, -0.1) is 0 Å². The summed E-state index contributed by atoms with van der Waals surface area (Å²) in [6.07, 6.45) is 0.952. The number of anilines is 2. The molecule has 2 aromatic heterocycles. The first-order valence-corrected chi connectivity index (χ1v) is 10.1. The molecule has 0 saturated carbocycles. The maximum Gasteiger partial charge on any atom is 0.228 e. The van der Waals surface area contributed by atoms with Crippen LogP contribution in [0.15, 0.2) is 42.5 Å². The van der Waals surface area contributed by atoms with E-state index in [-0.39, 0.29) is 0 Å². The molecule has 2 aromatic carbocycles. The average Bonchev–Trinajstić information content (AvgIpc) is 3.11. The summed E-state index contributed by atoms with van der Waals surface area (Å²) >= 11 is 0. The van der Waals surface area contributed by atoms with Crippen molar-refractivity contribution >= 4 is 22.8 Å². The van der Waals surface area contributed by atoms with Crippen molar-refractivity contribution in [2.75, 3.05) is 31.4 Å². The number of hydrogen-bond acceptors (Lipinski definition) is 7. The molecule has 0 fully saturated rings. The standard InChI is InChI=1S/C23H24N6O2/c1-28-21(24)19-20(15-8-9-17(30-2)18(12-15)31-3)25-23(26-22(19)27-28)29-11-10-14-6-4-5-7-16(14)13-29/h4-9,12H,10-11,13,24H2,1-3H3. The summed E-state index contributed by atoms with van der Waals surface area (Å²) in [5.74, 6) is 2.45. The SMILES string of the molecule is COc1ccc(-c2nc(N3CCc4ccccc4C3)nc3nn(C)c(N)c23)cc1OC. The summed E-state index contributed by atoms with van der Waals surface area (Å²) in [5.41, 5.74) is 11.2. The number of hydrogen-bond donors (Lipinski definition) is 1. The molecular formula is C23H24N6O2. The number of ether oxygens (including phenoxy) is 2. The molecule has 2 N–H and O–H groups in total. The Kier molecular flexibility index (Phi) is 4.62. The van der Waals surface area contributed by atoms with Crippen LogP contribution >= 0.6 is 0 Å². The van der Waals surface area contributed by atoms with E-state index >= 15 is 0 Å². The van der Waals surface area contributed by atoms with Crippen molar-refractivity contribution in [2.45, 2.75) is 13.0 Å². The fourth-order valence-corrected chi connectivity index (χ4v) is 4.10. The zero-order valence-corrected chi connectivity index (χ0v) is 17.8. The Morgan fingerprint density at radius 2 is 1.74 bits per heavy atom. The van der Waals surface area contributed by atoms with Crippen LogP contribution in [0.5, 0.6) is 11.5 Å². The highest BCUT2D eigenvalue weighted by Gasteiger charge is 2.23. The molecule has 8 nitrogen and oxygen atoms in total. The highest BCUT2D eigenvalue weighted by Crippen LogP contribution is 2.37. The number of methoxy groups -OCH3 is 2. The number of rotatable bonds is 4. The van der Waals surface area contributed by atoms with Gasteiger partial charge in [-0.3, -0.25) is 4.68 Å². The van der Waals surface area contributed by atoms with Gasteiger partial charge in [-0.2, -0.15) is 10.1 Å². The second-order valence-electron chi connectivity index (χ2n) is 7.59. The highest BCUT2D eigenvalue weighted by atomic mass is 16.5. The number of nitrogens with zero attached hydrogens (tertiary/aromatic N) is 5. The zero-order chi connectivity index (χ0) is 21.5. The molecule has 1 aliphatic heterocycles. The third-order valence-electron chi connectivity index (χ3n) is 5.80. The van der Waals surface area contributed by atoms with Crippen LogP contribution in [0.3, 0.4) is 0 Å². The molecule has 3 heterocycles. The topological polar surface area (TPSA) is 91.3 Å². The molecule has 0 amide bonds. The summed E-state index contributed by atoms with van der Waals surface area (Å²) in [7, 11) is 5.05. The van der Waals surface area contributed by atoms with E-state index in [1.54, 1.807) is 18.9 Å². The molecule has 0 atom stereocenters. The minimum atomic E-state index is 0.523. The lowest BCUT2D eigenvalue weighted by molar-refractivity contribution is 0.355. The smallest absolute Gasteiger partial charge is 0.228 e. The fraction of sp³-hybridized carbons (Fsp3) is 0.261. The number of aryl methyl sites for hydroxylation is 1. The first-order chi connectivity index (χ1) is 15.1. The van der Waals surface area contributed by atoms with E-state index in [1.807, 2.05) is 25.2 Å². The molecule has 4 aromatic rings. The van der Waals surface area contributed by atoms with Gasteiger partial charge in [-0.1, -0.05) is 24.3 Å². The van der Waals surface area contributed by atoms with Gasteiger partial charge in [0.2, 0.25) is 5.95 Å². The van der Waals surface area contributed by atoms with Crippen molar-refractivity contribution in [1.29, 1.82) is 0 Å². The van der Waals surface area contributed by atoms with Gasteiger partial charge in [-0.25, -0.2) is 4.98 Å². The summed E-state index contributed by atoms with van der Waals surface area (Å²) < 4.78 is 12.5. The van der Waals surface area contributed by atoms with Crippen molar-refractivity contribution in [3.05, 3.63) is 53.6 Å². The Bertz CT molecular complexity index is 1280. The minimum Gasteiger partial charge on any atom is -0.493 e. The van der Waals surface area contributed by atoms with Crippen LogP contribution in [0.4, 0.5) is 11.8 Å². The van der Waals surface area contributed by atoms with Crippen LogP contribution in [0.2, 0.25) is 0 Å². The summed E-state index contributed by atoms with van der Waals surface area (Å²) in [4.78, 5) is 11.9. The number of fused-ring (bicyclic) bond motifs is 2. The molecule has 0 unspecified atom stereocenters. The first-order valence-electron chi connectivity index (χ1n) is 10.1. The third-order valence-corrected chi connectivity index (χ3v) is 5.80. The third kappa shape index (κ3) is 3.20.